The third-order valence-corrected chi connectivity index (χ3v) is 3.26. The lowest BCUT2D eigenvalue weighted by Crippen LogP contribution is -2.35. The van der Waals surface area contributed by atoms with Gasteiger partial charge in [0, 0.05) is 24.9 Å². The Labute approximate surface area is 97.2 Å². The first-order chi connectivity index (χ1) is 7.81. The lowest BCUT2D eigenvalue weighted by molar-refractivity contribution is 0.143. The molecule has 1 aliphatic heterocycles. The number of anilines is 1. The van der Waals surface area contributed by atoms with E-state index in [9.17, 15) is 0 Å². The van der Waals surface area contributed by atoms with Crippen LogP contribution in [0.25, 0.3) is 0 Å². The predicted molar refractivity (Wildman–Crippen MR) is 66.2 cm³/mol. The monoisotopic (exact) mass is 220 g/mol. The Bertz CT molecular complexity index is 334. The molecule has 1 unspecified atom stereocenters. The van der Waals surface area contributed by atoms with Gasteiger partial charge in [0.2, 0.25) is 0 Å². The Morgan fingerprint density at radius 2 is 2.25 bits per heavy atom. The number of hydrogen-bond acceptors (Lipinski definition) is 3. The van der Waals surface area contributed by atoms with Crippen molar-refractivity contribution in [2.24, 2.45) is 0 Å². The van der Waals surface area contributed by atoms with Crippen molar-refractivity contribution >= 4 is 5.69 Å². The highest BCUT2D eigenvalue weighted by molar-refractivity contribution is 5.46. The first-order valence-electron chi connectivity index (χ1n) is 5.96. The van der Waals surface area contributed by atoms with Gasteiger partial charge in [0.05, 0.1) is 6.61 Å². The van der Waals surface area contributed by atoms with Gasteiger partial charge in [0.1, 0.15) is 0 Å². The molecule has 0 aliphatic carbocycles. The van der Waals surface area contributed by atoms with E-state index in [2.05, 4.69) is 17.9 Å². The van der Waals surface area contributed by atoms with E-state index in [0.29, 0.717) is 6.04 Å². The number of likely N-dealkylation sites (N-methyl/N-ethyl adjacent to an activating group) is 1. The average molecular weight is 220 g/mol. The van der Waals surface area contributed by atoms with Crippen LogP contribution < -0.4 is 5.73 Å². The average Bonchev–Trinajstić information content (AvgIpc) is 2.81. The van der Waals surface area contributed by atoms with Crippen molar-refractivity contribution in [3.63, 3.8) is 0 Å². The van der Waals surface area contributed by atoms with Crippen LogP contribution >= 0.6 is 0 Å². The Morgan fingerprint density at radius 3 is 2.88 bits per heavy atom. The van der Waals surface area contributed by atoms with Crippen molar-refractivity contribution in [3.05, 3.63) is 29.8 Å². The van der Waals surface area contributed by atoms with E-state index >= 15 is 0 Å². The molecule has 2 N–H and O–H groups in total. The molecule has 1 saturated heterocycles. The van der Waals surface area contributed by atoms with Crippen LogP contribution in [0.4, 0.5) is 5.69 Å². The topological polar surface area (TPSA) is 38.5 Å². The van der Waals surface area contributed by atoms with Gasteiger partial charge < -0.3 is 10.5 Å². The largest absolute Gasteiger partial charge is 0.398 e. The minimum Gasteiger partial charge on any atom is -0.398 e. The molecule has 0 amide bonds. The first-order valence-corrected chi connectivity index (χ1v) is 5.96. The molecular weight excluding hydrogens is 200 g/mol. The van der Waals surface area contributed by atoms with E-state index in [4.69, 9.17) is 10.5 Å². The van der Waals surface area contributed by atoms with Crippen LogP contribution in [0.15, 0.2) is 24.3 Å². The number of ether oxygens (including phenoxy) is 1. The van der Waals surface area contributed by atoms with Crippen LogP contribution in [0.3, 0.4) is 0 Å². The van der Waals surface area contributed by atoms with Crippen molar-refractivity contribution in [1.29, 1.82) is 0 Å². The lowest BCUT2D eigenvalue weighted by atomic mass is 10.1. The minimum absolute atomic E-state index is 0.560. The molecule has 2 rings (SSSR count). The summed E-state index contributed by atoms with van der Waals surface area (Å²) in [5, 5.41) is 0. The highest BCUT2D eigenvalue weighted by Gasteiger charge is 2.22. The summed E-state index contributed by atoms with van der Waals surface area (Å²) >= 11 is 0. The normalized spacial score (nSPS) is 20.5. The van der Waals surface area contributed by atoms with Crippen LogP contribution in [0.2, 0.25) is 0 Å². The fourth-order valence-electron chi connectivity index (χ4n) is 2.21. The predicted octanol–water partition coefficient (Wildman–Crippen LogP) is 1.88. The third-order valence-electron chi connectivity index (χ3n) is 3.26. The molecule has 88 valence electrons. The van der Waals surface area contributed by atoms with Crippen molar-refractivity contribution in [3.8, 4) is 0 Å². The maximum absolute atomic E-state index is 5.96. The maximum Gasteiger partial charge on any atom is 0.0622 e. The number of benzene rings is 1. The zero-order chi connectivity index (χ0) is 11.4. The van der Waals surface area contributed by atoms with Gasteiger partial charge in [-0.1, -0.05) is 25.1 Å². The van der Waals surface area contributed by atoms with E-state index in [1.807, 2.05) is 18.2 Å². The summed E-state index contributed by atoms with van der Waals surface area (Å²) < 4.78 is 5.43. The van der Waals surface area contributed by atoms with Crippen molar-refractivity contribution < 1.29 is 4.74 Å². The zero-order valence-corrected chi connectivity index (χ0v) is 9.86. The molecule has 0 bridgehead atoms. The molecule has 0 spiro atoms. The van der Waals surface area contributed by atoms with Gasteiger partial charge in [0.15, 0.2) is 0 Å². The highest BCUT2D eigenvalue weighted by Crippen LogP contribution is 2.18. The molecule has 1 aromatic rings. The van der Waals surface area contributed by atoms with E-state index in [1.165, 1.54) is 5.56 Å². The fraction of sp³-hybridized carbons (Fsp3) is 0.538. The molecule has 0 radical (unpaired) electrons. The van der Waals surface area contributed by atoms with Gasteiger partial charge in [-0.05, 0) is 24.6 Å². The van der Waals surface area contributed by atoms with Crippen LogP contribution in [-0.4, -0.2) is 30.7 Å². The maximum atomic E-state index is 5.96. The van der Waals surface area contributed by atoms with E-state index < -0.39 is 0 Å². The van der Waals surface area contributed by atoms with Crippen LogP contribution in [-0.2, 0) is 11.3 Å². The van der Waals surface area contributed by atoms with E-state index in [0.717, 1.165) is 38.4 Å². The van der Waals surface area contributed by atoms with E-state index in [1.54, 1.807) is 0 Å². The van der Waals surface area contributed by atoms with Gasteiger partial charge in [0.25, 0.3) is 0 Å². The molecule has 1 aliphatic rings. The smallest absolute Gasteiger partial charge is 0.0622 e. The second-order valence-corrected chi connectivity index (χ2v) is 4.28. The molecule has 0 saturated carbocycles. The number of hydrogen-bond donors (Lipinski definition) is 1. The summed E-state index contributed by atoms with van der Waals surface area (Å²) in [5.41, 5.74) is 8.07. The number of para-hydroxylation sites is 1. The first kappa shape index (κ1) is 11.4. The molecule has 3 nitrogen and oxygen atoms in total. The van der Waals surface area contributed by atoms with Crippen LogP contribution in [0.1, 0.15) is 18.9 Å². The molecular formula is C13H20N2O. The van der Waals surface area contributed by atoms with Gasteiger partial charge in [-0.25, -0.2) is 0 Å². The van der Waals surface area contributed by atoms with Gasteiger partial charge >= 0.3 is 0 Å². The Hall–Kier alpha value is -1.06. The molecule has 1 aromatic carbocycles. The summed E-state index contributed by atoms with van der Waals surface area (Å²) in [5.74, 6) is 0. The Morgan fingerprint density at radius 1 is 1.44 bits per heavy atom. The molecule has 1 heterocycles. The summed E-state index contributed by atoms with van der Waals surface area (Å²) in [4.78, 5) is 2.44. The molecule has 16 heavy (non-hydrogen) atoms. The molecule has 3 heteroatoms. The highest BCUT2D eigenvalue weighted by atomic mass is 16.5. The van der Waals surface area contributed by atoms with Crippen molar-refractivity contribution in [2.75, 3.05) is 25.5 Å². The SMILES string of the molecule is CCN(Cc1ccccc1N)C1CCOC1. The lowest BCUT2D eigenvalue weighted by Gasteiger charge is -2.26. The fourth-order valence-corrected chi connectivity index (χ4v) is 2.21. The number of nitrogens with two attached hydrogens (primary N) is 1. The molecule has 0 aromatic heterocycles. The summed E-state index contributed by atoms with van der Waals surface area (Å²) in [6.07, 6.45) is 1.14. The molecule has 1 fully saturated rings. The Balaban J connectivity index is 2.03. The third kappa shape index (κ3) is 2.54. The van der Waals surface area contributed by atoms with Crippen molar-refractivity contribution in [1.82, 2.24) is 4.90 Å². The van der Waals surface area contributed by atoms with Gasteiger partial charge in [-0.15, -0.1) is 0 Å². The Kier molecular flexibility index (Phi) is 3.80. The van der Waals surface area contributed by atoms with Crippen LogP contribution in [0.5, 0.6) is 0 Å². The quantitative estimate of drug-likeness (QED) is 0.787. The van der Waals surface area contributed by atoms with Gasteiger partial charge in [-0.2, -0.15) is 0 Å². The minimum atomic E-state index is 0.560. The summed E-state index contributed by atoms with van der Waals surface area (Å²) in [7, 11) is 0. The summed E-state index contributed by atoms with van der Waals surface area (Å²) in [6, 6.07) is 8.66. The van der Waals surface area contributed by atoms with E-state index in [-0.39, 0.29) is 0 Å². The second kappa shape index (κ2) is 5.32. The number of nitrogens with zero attached hydrogens (tertiary/aromatic N) is 1. The number of rotatable bonds is 4. The van der Waals surface area contributed by atoms with Gasteiger partial charge in [-0.3, -0.25) is 4.90 Å². The van der Waals surface area contributed by atoms with Crippen LogP contribution in [0, 0.1) is 0 Å². The number of nitrogen functional groups attached to an aromatic ring is 1. The standard InChI is InChI=1S/C13H20N2O/c1-2-15(12-7-8-16-10-12)9-11-5-3-4-6-13(11)14/h3-6,12H,2,7-10,14H2,1H3. The second-order valence-electron chi connectivity index (χ2n) is 4.28. The molecule has 1 atom stereocenters. The summed E-state index contributed by atoms with van der Waals surface area (Å²) in [6.45, 7) is 5.92. The van der Waals surface area contributed by atoms with Crippen molar-refractivity contribution in [2.45, 2.75) is 25.9 Å². The zero-order valence-electron chi connectivity index (χ0n) is 9.86.